The normalized spacial score (nSPS) is 25.4. The van der Waals surface area contributed by atoms with E-state index < -0.39 is 0 Å². The lowest BCUT2D eigenvalue weighted by Crippen LogP contribution is -2.38. The second-order valence-electron chi connectivity index (χ2n) is 4.44. The highest BCUT2D eigenvalue weighted by molar-refractivity contribution is 4.78. The van der Waals surface area contributed by atoms with E-state index in [2.05, 4.69) is 26.1 Å². The maximum absolute atomic E-state index is 5.41. The Labute approximate surface area is 82.0 Å². The minimum Gasteiger partial charge on any atom is -0.381 e. The Morgan fingerprint density at radius 2 is 2.23 bits per heavy atom. The van der Waals surface area contributed by atoms with E-state index in [1.165, 1.54) is 12.8 Å². The molecule has 0 aromatic heterocycles. The molecule has 0 amide bonds. The van der Waals surface area contributed by atoms with Crippen LogP contribution in [0.15, 0.2) is 0 Å². The van der Waals surface area contributed by atoms with E-state index >= 15 is 0 Å². The molecule has 1 heterocycles. The summed E-state index contributed by atoms with van der Waals surface area (Å²) in [5.41, 5.74) is 0. The molecule has 1 fully saturated rings. The third kappa shape index (κ3) is 3.65. The van der Waals surface area contributed by atoms with Crippen LogP contribution in [0.3, 0.4) is 0 Å². The van der Waals surface area contributed by atoms with Gasteiger partial charge in [0.05, 0.1) is 6.61 Å². The van der Waals surface area contributed by atoms with Crippen LogP contribution in [0.4, 0.5) is 0 Å². The predicted molar refractivity (Wildman–Crippen MR) is 55.8 cm³/mol. The summed E-state index contributed by atoms with van der Waals surface area (Å²) in [5, 5.41) is 3.63. The highest BCUT2D eigenvalue weighted by atomic mass is 16.5. The lowest BCUT2D eigenvalue weighted by molar-refractivity contribution is 0.175. The summed E-state index contributed by atoms with van der Waals surface area (Å²) < 4.78 is 5.41. The van der Waals surface area contributed by atoms with Gasteiger partial charge < -0.3 is 10.1 Å². The summed E-state index contributed by atoms with van der Waals surface area (Å²) in [6.07, 6.45) is 2.46. The minimum atomic E-state index is 0.671. The number of ether oxygens (including phenoxy) is 1. The molecule has 0 aromatic rings. The molecule has 0 bridgehead atoms. The van der Waals surface area contributed by atoms with E-state index in [0.717, 1.165) is 31.6 Å². The Balaban J connectivity index is 2.24. The first kappa shape index (κ1) is 11.0. The average Bonchev–Trinajstić information content (AvgIpc) is 2.58. The van der Waals surface area contributed by atoms with E-state index in [1.54, 1.807) is 0 Å². The topological polar surface area (TPSA) is 21.3 Å². The van der Waals surface area contributed by atoms with Crippen molar-refractivity contribution in [3.8, 4) is 0 Å². The molecule has 2 atom stereocenters. The highest BCUT2D eigenvalue weighted by Crippen LogP contribution is 2.18. The fraction of sp³-hybridized carbons (Fsp3) is 1.00. The van der Waals surface area contributed by atoms with E-state index in [9.17, 15) is 0 Å². The van der Waals surface area contributed by atoms with Crippen molar-refractivity contribution in [2.75, 3.05) is 19.8 Å². The van der Waals surface area contributed by atoms with E-state index in [1.807, 2.05) is 0 Å². The van der Waals surface area contributed by atoms with Gasteiger partial charge in [0, 0.05) is 12.6 Å². The molecular weight excluding hydrogens is 162 g/mol. The van der Waals surface area contributed by atoms with Crippen LogP contribution < -0.4 is 5.32 Å². The molecule has 2 unspecified atom stereocenters. The van der Waals surface area contributed by atoms with Gasteiger partial charge in [-0.1, -0.05) is 20.8 Å². The van der Waals surface area contributed by atoms with Crippen LogP contribution in [-0.2, 0) is 4.74 Å². The van der Waals surface area contributed by atoms with Crippen molar-refractivity contribution >= 4 is 0 Å². The van der Waals surface area contributed by atoms with E-state index in [-0.39, 0.29) is 0 Å². The second-order valence-corrected chi connectivity index (χ2v) is 4.44. The van der Waals surface area contributed by atoms with Crippen molar-refractivity contribution in [1.29, 1.82) is 0 Å². The molecule has 78 valence electrons. The SMILES string of the molecule is CCC(NCC(C)C)C1CCOC1. The first-order valence-electron chi connectivity index (χ1n) is 5.55. The van der Waals surface area contributed by atoms with Crippen molar-refractivity contribution in [2.24, 2.45) is 11.8 Å². The molecule has 1 rings (SSSR count). The summed E-state index contributed by atoms with van der Waals surface area (Å²) >= 11 is 0. The number of hydrogen-bond donors (Lipinski definition) is 1. The minimum absolute atomic E-state index is 0.671. The van der Waals surface area contributed by atoms with Gasteiger partial charge in [-0.25, -0.2) is 0 Å². The zero-order valence-corrected chi connectivity index (χ0v) is 9.18. The first-order chi connectivity index (χ1) is 6.24. The first-order valence-corrected chi connectivity index (χ1v) is 5.55. The van der Waals surface area contributed by atoms with Crippen LogP contribution >= 0.6 is 0 Å². The van der Waals surface area contributed by atoms with Gasteiger partial charge in [-0.15, -0.1) is 0 Å². The van der Waals surface area contributed by atoms with Gasteiger partial charge in [0.1, 0.15) is 0 Å². The third-order valence-corrected chi connectivity index (χ3v) is 2.76. The molecule has 0 aromatic carbocycles. The van der Waals surface area contributed by atoms with Gasteiger partial charge in [0.15, 0.2) is 0 Å². The Kier molecular flexibility index (Phi) is 4.74. The Morgan fingerprint density at radius 3 is 2.69 bits per heavy atom. The van der Waals surface area contributed by atoms with Crippen molar-refractivity contribution in [3.05, 3.63) is 0 Å². The number of rotatable bonds is 5. The summed E-state index contributed by atoms with van der Waals surface area (Å²) in [6, 6.07) is 0.671. The van der Waals surface area contributed by atoms with Crippen molar-refractivity contribution in [2.45, 2.75) is 39.7 Å². The Morgan fingerprint density at radius 1 is 1.46 bits per heavy atom. The maximum atomic E-state index is 5.41. The summed E-state index contributed by atoms with van der Waals surface area (Å²) in [6.45, 7) is 9.83. The smallest absolute Gasteiger partial charge is 0.0509 e. The molecule has 1 aliphatic rings. The molecule has 0 aliphatic carbocycles. The summed E-state index contributed by atoms with van der Waals surface area (Å²) in [5.74, 6) is 1.50. The fourth-order valence-electron chi connectivity index (χ4n) is 1.90. The van der Waals surface area contributed by atoms with Crippen LogP contribution in [0.2, 0.25) is 0 Å². The molecule has 2 nitrogen and oxygen atoms in total. The largest absolute Gasteiger partial charge is 0.381 e. The van der Waals surface area contributed by atoms with Crippen LogP contribution in [-0.4, -0.2) is 25.8 Å². The molecule has 1 N–H and O–H groups in total. The van der Waals surface area contributed by atoms with Crippen LogP contribution in [0, 0.1) is 11.8 Å². The number of hydrogen-bond acceptors (Lipinski definition) is 2. The van der Waals surface area contributed by atoms with Crippen molar-refractivity contribution < 1.29 is 4.74 Å². The molecule has 13 heavy (non-hydrogen) atoms. The van der Waals surface area contributed by atoms with Gasteiger partial charge in [-0.05, 0) is 31.2 Å². The molecular formula is C11H23NO. The average molecular weight is 185 g/mol. The van der Waals surface area contributed by atoms with Crippen LogP contribution in [0.25, 0.3) is 0 Å². The van der Waals surface area contributed by atoms with E-state index in [4.69, 9.17) is 4.74 Å². The van der Waals surface area contributed by atoms with Crippen LogP contribution in [0.1, 0.15) is 33.6 Å². The zero-order chi connectivity index (χ0) is 9.68. The van der Waals surface area contributed by atoms with Gasteiger partial charge in [0.2, 0.25) is 0 Å². The maximum Gasteiger partial charge on any atom is 0.0509 e. The molecule has 2 heteroatoms. The van der Waals surface area contributed by atoms with Gasteiger partial charge >= 0.3 is 0 Å². The molecule has 1 aliphatic heterocycles. The van der Waals surface area contributed by atoms with Crippen LogP contribution in [0.5, 0.6) is 0 Å². The van der Waals surface area contributed by atoms with Crippen molar-refractivity contribution in [3.63, 3.8) is 0 Å². The third-order valence-electron chi connectivity index (χ3n) is 2.76. The molecule has 1 saturated heterocycles. The highest BCUT2D eigenvalue weighted by Gasteiger charge is 2.23. The van der Waals surface area contributed by atoms with Crippen molar-refractivity contribution in [1.82, 2.24) is 5.32 Å². The summed E-state index contributed by atoms with van der Waals surface area (Å²) in [4.78, 5) is 0. The standard InChI is InChI=1S/C11H23NO/c1-4-11(12-7-9(2)3)10-5-6-13-8-10/h9-12H,4-8H2,1-3H3. The quantitative estimate of drug-likeness (QED) is 0.708. The number of nitrogens with one attached hydrogen (secondary N) is 1. The van der Waals surface area contributed by atoms with Gasteiger partial charge in [-0.3, -0.25) is 0 Å². The van der Waals surface area contributed by atoms with Gasteiger partial charge in [0.25, 0.3) is 0 Å². The predicted octanol–water partition coefficient (Wildman–Crippen LogP) is 2.05. The molecule has 0 saturated carbocycles. The monoisotopic (exact) mass is 185 g/mol. The second kappa shape index (κ2) is 5.61. The lowest BCUT2D eigenvalue weighted by Gasteiger charge is -2.23. The van der Waals surface area contributed by atoms with Gasteiger partial charge in [-0.2, -0.15) is 0 Å². The lowest BCUT2D eigenvalue weighted by atomic mass is 9.96. The molecule has 0 spiro atoms. The fourth-order valence-corrected chi connectivity index (χ4v) is 1.90. The van der Waals surface area contributed by atoms with E-state index in [0.29, 0.717) is 6.04 Å². The Hall–Kier alpha value is -0.0800. The molecule has 0 radical (unpaired) electrons. The Bertz CT molecular complexity index is 130. The zero-order valence-electron chi connectivity index (χ0n) is 9.18. The summed E-state index contributed by atoms with van der Waals surface area (Å²) in [7, 11) is 0.